The molecule has 0 N–H and O–H groups in total. The van der Waals surface area contributed by atoms with E-state index in [1.54, 1.807) is 16.2 Å². The molecule has 0 aliphatic carbocycles. The van der Waals surface area contributed by atoms with Crippen molar-refractivity contribution in [1.29, 1.82) is 0 Å². The van der Waals surface area contributed by atoms with Crippen molar-refractivity contribution in [2.24, 2.45) is 0 Å². The Bertz CT molecular complexity index is 535. The van der Waals surface area contributed by atoms with Gasteiger partial charge in [0.05, 0.1) is 11.6 Å². The highest BCUT2D eigenvalue weighted by atomic mass is 79.9. The number of thiazole rings is 1. The van der Waals surface area contributed by atoms with Crippen LogP contribution in [0.1, 0.15) is 19.6 Å². The molecule has 17 heavy (non-hydrogen) atoms. The first-order valence-electron chi connectivity index (χ1n) is 4.97. The highest BCUT2D eigenvalue weighted by Gasteiger charge is 2.16. The molecule has 2 rings (SSSR count). The van der Waals surface area contributed by atoms with Gasteiger partial charge in [0.1, 0.15) is 4.88 Å². The summed E-state index contributed by atoms with van der Waals surface area (Å²) in [7, 11) is 1.81. The van der Waals surface area contributed by atoms with Crippen LogP contribution in [0.5, 0.6) is 0 Å². The molecule has 3 nitrogen and oxygen atoms in total. The van der Waals surface area contributed by atoms with Crippen molar-refractivity contribution in [3.63, 3.8) is 0 Å². The molecule has 0 saturated heterocycles. The number of thiophene rings is 1. The molecule has 90 valence electrons. The van der Waals surface area contributed by atoms with Gasteiger partial charge < -0.3 is 4.90 Å². The summed E-state index contributed by atoms with van der Waals surface area (Å²) < 4.78 is 0.861. The van der Waals surface area contributed by atoms with Crippen LogP contribution in [0.25, 0.3) is 0 Å². The van der Waals surface area contributed by atoms with Gasteiger partial charge in [-0.15, -0.1) is 22.7 Å². The molecular formula is C11H11BrN2OS2. The lowest BCUT2D eigenvalue weighted by Crippen LogP contribution is -2.25. The number of nitrogens with zero attached hydrogens (tertiary/aromatic N) is 2. The van der Waals surface area contributed by atoms with Crippen molar-refractivity contribution in [2.45, 2.75) is 13.5 Å². The van der Waals surface area contributed by atoms with Crippen molar-refractivity contribution in [3.05, 3.63) is 36.9 Å². The van der Waals surface area contributed by atoms with E-state index in [4.69, 9.17) is 0 Å². The maximum atomic E-state index is 12.1. The molecule has 1 amide bonds. The van der Waals surface area contributed by atoms with Crippen LogP contribution in [-0.4, -0.2) is 22.8 Å². The van der Waals surface area contributed by atoms with Crippen LogP contribution in [0.2, 0.25) is 0 Å². The predicted molar refractivity (Wildman–Crippen MR) is 74.7 cm³/mol. The fourth-order valence-electron chi connectivity index (χ4n) is 1.40. The zero-order valence-electron chi connectivity index (χ0n) is 9.44. The summed E-state index contributed by atoms with van der Waals surface area (Å²) in [5, 5.41) is 2.93. The summed E-state index contributed by atoms with van der Waals surface area (Å²) in [5.74, 6) is 0.0397. The van der Waals surface area contributed by atoms with Crippen LogP contribution in [0, 0.1) is 6.92 Å². The number of carbonyl (C=O) groups excluding carboxylic acids is 1. The Hall–Kier alpha value is -0.720. The van der Waals surface area contributed by atoms with Crippen LogP contribution >= 0.6 is 38.6 Å². The van der Waals surface area contributed by atoms with Gasteiger partial charge >= 0.3 is 0 Å². The Morgan fingerprint density at radius 1 is 1.59 bits per heavy atom. The van der Waals surface area contributed by atoms with Crippen LogP contribution in [-0.2, 0) is 6.54 Å². The van der Waals surface area contributed by atoms with Gasteiger partial charge in [-0.2, -0.15) is 0 Å². The number of amides is 1. The average molecular weight is 331 g/mol. The molecule has 0 radical (unpaired) electrons. The number of hydrogen-bond donors (Lipinski definition) is 0. The van der Waals surface area contributed by atoms with Crippen molar-refractivity contribution < 1.29 is 4.79 Å². The highest BCUT2D eigenvalue weighted by Crippen LogP contribution is 2.24. The largest absolute Gasteiger partial charge is 0.336 e. The lowest BCUT2D eigenvalue weighted by molar-refractivity contribution is 0.0790. The van der Waals surface area contributed by atoms with Crippen LogP contribution in [0.3, 0.4) is 0 Å². The number of aromatic nitrogens is 1. The molecule has 0 saturated carbocycles. The van der Waals surface area contributed by atoms with Crippen molar-refractivity contribution in [3.8, 4) is 0 Å². The summed E-state index contributed by atoms with van der Waals surface area (Å²) in [6.07, 6.45) is 1.83. The number of carbonyl (C=O) groups is 1. The fraction of sp³-hybridized carbons (Fsp3) is 0.273. The second-order valence-corrected chi connectivity index (χ2v) is 6.69. The maximum Gasteiger partial charge on any atom is 0.265 e. The molecule has 2 aromatic rings. The Kier molecular flexibility index (Phi) is 3.96. The summed E-state index contributed by atoms with van der Waals surface area (Å²) in [6, 6.07) is 1.89. The van der Waals surface area contributed by atoms with E-state index in [1.165, 1.54) is 11.3 Å². The SMILES string of the molecule is Cc1ncc(CN(C)C(=O)c2sccc2Br)s1. The Labute approximate surface area is 116 Å². The molecular weight excluding hydrogens is 320 g/mol. The van der Waals surface area contributed by atoms with Gasteiger partial charge in [-0.3, -0.25) is 4.79 Å². The molecule has 0 aliphatic rings. The standard InChI is InChI=1S/C11H11BrN2OS2/c1-7-13-5-8(17-7)6-14(2)11(15)10-9(12)3-4-16-10/h3-5H,6H2,1-2H3. The van der Waals surface area contributed by atoms with Gasteiger partial charge in [0, 0.05) is 22.6 Å². The zero-order valence-corrected chi connectivity index (χ0v) is 12.7. The third-order valence-electron chi connectivity index (χ3n) is 2.22. The molecule has 0 bridgehead atoms. The number of hydrogen-bond acceptors (Lipinski definition) is 4. The van der Waals surface area contributed by atoms with E-state index < -0.39 is 0 Å². The normalized spacial score (nSPS) is 10.5. The van der Waals surface area contributed by atoms with Gasteiger partial charge in [0.15, 0.2) is 0 Å². The predicted octanol–water partition coefficient (Wildman–Crippen LogP) is 3.55. The highest BCUT2D eigenvalue weighted by molar-refractivity contribution is 9.10. The van der Waals surface area contributed by atoms with Crippen LogP contribution in [0.4, 0.5) is 0 Å². The minimum absolute atomic E-state index is 0.0397. The van der Waals surface area contributed by atoms with Gasteiger partial charge in [0.25, 0.3) is 5.91 Å². The monoisotopic (exact) mass is 330 g/mol. The fourth-order valence-corrected chi connectivity index (χ4v) is 3.79. The van der Waals surface area contributed by atoms with Crippen LogP contribution < -0.4 is 0 Å². The molecule has 0 aromatic carbocycles. The first-order valence-corrected chi connectivity index (χ1v) is 7.46. The molecule has 0 fully saturated rings. The first kappa shape index (κ1) is 12.7. The molecule has 0 spiro atoms. The van der Waals surface area contributed by atoms with E-state index in [1.807, 2.05) is 31.6 Å². The van der Waals surface area contributed by atoms with Gasteiger partial charge in [-0.05, 0) is 34.3 Å². The second kappa shape index (κ2) is 5.29. The number of aryl methyl sites for hydroxylation is 1. The topological polar surface area (TPSA) is 33.2 Å². The molecule has 0 aliphatic heterocycles. The molecule has 2 aromatic heterocycles. The van der Waals surface area contributed by atoms with Gasteiger partial charge in [0.2, 0.25) is 0 Å². The van der Waals surface area contributed by atoms with Gasteiger partial charge in [-0.25, -0.2) is 4.98 Å². The first-order chi connectivity index (χ1) is 8.08. The number of rotatable bonds is 3. The Morgan fingerprint density at radius 3 is 2.88 bits per heavy atom. The average Bonchev–Trinajstić information content (AvgIpc) is 2.86. The summed E-state index contributed by atoms with van der Waals surface area (Å²) in [5.41, 5.74) is 0. The van der Waals surface area contributed by atoms with E-state index in [0.717, 1.165) is 19.2 Å². The van der Waals surface area contributed by atoms with E-state index in [9.17, 15) is 4.79 Å². The van der Waals surface area contributed by atoms with Crippen molar-refractivity contribution in [1.82, 2.24) is 9.88 Å². The third kappa shape index (κ3) is 2.94. The summed E-state index contributed by atoms with van der Waals surface area (Å²) in [4.78, 5) is 19.9. The molecule has 0 unspecified atom stereocenters. The van der Waals surface area contributed by atoms with E-state index in [0.29, 0.717) is 6.54 Å². The van der Waals surface area contributed by atoms with Crippen molar-refractivity contribution in [2.75, 3.05) is 7.05 Å². The summed E-state index contributed by atoms with van der Waals surface area (Å²) in [6.45, 7) is 2.57. The van der Waals surface area contributed by atoms with E-state index >= 15 is 0 Å². The Morgan fingerprint density at radius 2 is 2.35 bits per heavy atom. The van der Waals surface area contributed by atoms with Crippen molar-refractivity contribution >= 4 is 44.5 Å². The molecule has 6 heteroatoms. The van der Waals surface area contributed by atoms with E-state index in [-0.39, 0.29) is 5.91 Å². The lowest BCUT2D eigenvalue weighted by atomic mass is 10.4. The molecule has 0 atom stereocenters. The second-order valence-electron chi connectivity index (χ2n) is 3.60. The minimum Gasteiger partial charge on any atom is -0.336 e. The smallest absolute Gasteiger partial charge is 0.265 e. The zero-order chi connectivity index (χ0) is 12.4. The maximum absolute atomic E-state index is 12.1. The minimum atomic E-state index is 0.0397. The van der Waals surface area contributed by atoms with Gasteiger partial charge in [-0.1, -0.05) is 0 Å². The lowest BCUT2D eigenvalue weighted by Gasteiger charge is -2.15. The number of halogens is 1. The van der Waals surface area contributed by atoms with E-state index in [2.05, 4.69) is 20.9 Å². The molecule has 2 heterocycles. The quantitative estimate of drug-likeness (QED) is 0.862. The third-order valence-corrected chi connectivity index (χ3v) is 4.94. The summed E-state index contributed by atoms with van der Waals surface area (Å²) >= 11 is 6.45. The Balaban J connectivity index is 2.08. The van der Waals surface area contributed by atoms with Crippen LogP contribution in [0.15, 0.2) is 22.1 Å².